The maximum Gasteiger partial charge on any atom is 0.340 e. The molecule has 0 aliphatic rings. The van der Waals surface area contributed by atoms with Crippen LogP contribution < -0.4 is 5.73 Å². The van der Waals surface area contributed by atoms with Gasteiger partial charge in [0.05, 0.1) is 12.7 Å². The molecular formula is C19H17NO2S2. The van der Waals surface area contributed by atoms with Gasteiger partial charge in [-0.3, -0.25) is 0 Å². The molecule has 0 atom stereocenters. The Kier molecular flexibility index (Phi) is 5.23. The lowest BCUT2D eigenvalue weighted by Gasteiger charge is -2.04. The molecule has 0 aliphatic carbocycles. The van der Waals surface area contributed by atoms with E-state index in [2.05, 4.69) is 36.4 Å². The molecule has 0 unspecified atom stereocenters. The molecule has 5 heteroatoms. The maximum atomic E-state index is 11.6. The van der Waals surface area contributed by atoms with Crippen molar-refractivity contribution in [3.63, 3.8) is 0 Å². The number of anilines is 1. The first kappa shape index (κ1) is 16.6. The van der Waals surface area contributed by atoms with E-state index >= 15 is 0 Å². The number of ether oxygens (including phenoxy) is 1. The largest absolute Gasteiger partial charge is 0.465 e. The average Bonchev–Trinajstić information content (AvgIpc) is 3.01. The number of carbonyl (C=O) groups is 1. The Hall–Kier alpha value is -2.24. The molecule has 3 aromatic rings. The number of hydrogen-bond acceptors (Lipinski definition) is 5. The molecule has 0 amide bonds. The van der Waals surface area contributed by atoms with E-state index in [9.17, 15) is 4.79 Å². The summed E-state index contributed by atoms with van der Waals surface area (Å²) in [6.45, 7) is 0. The van der Waals surface area contributed by atoms with Crippen LogP contribution in [-0.4, -0.2) is 13.1 Å². The van der Waals surface area contributed by atoms with Gasteiger partial charge in [-0.05, 0) is 29.3 Å². The number of nitrogens with two attached hydrogens (primary N) is 1. The van der Waals surface area contributed by atoms with Crippen LogP contribution in [0.4, 0.5) is 5.00 Å². The number of rotatable bonds is 5. The van der Waals surface area contributed by atoms with Gasteiger partial charge in [-0.1, -0.05) is 42.5 Å². The first-order chi connectivity index (χ1) is 11.7. The second kappa shape index (κ2) is 7.55. The number of esters is 1. The highest BCUT2D eigenvalue weighted by molar-refractivity contribution is 7.98. The Labute approximate surface area is 149 Å². The Bertz CT molecular complexity index is 826. The van der Waals surface area contributed by atoms with Gasteiger partial charge in [0, 0.05) is 15.5 Å². The molecule has 122 valence electrons. The highest BCUT2D eigenvalue weighted by atomic mass is 32.2. The summed E-state index contributed by atoms with van der Waals surface area (Å²) in [6, 6.07) is 20.6. The highest BCUT2D eigenvalue weighted by Crippen LogP contribution is 2.32. The van der Waals surface area contributed by atoms with Crippen molar-refractivity contribution in [3.8, 4) is 11.1 Å². The highest BCUT2D eigenvalue weighted by Gasteiger charge is 2.14. The summed E-state index contributed by atoms with van der Waals surface area (Å²) in [5.41, 5.74) is 8.75. The van der Waals surface area contributed by atoms with Gasteiger partial charge in [-0.2, -0.15) is 0 Å². The van der Waals surface area contributed by atoms with Crippen LogP contribution in [0.3, 0.4) is 0 Å². The van der Waals surface area contributed by atoms with Crippen molar-refractivity contribution in [2.75, 3.05) is 12.8 Å². The Morgan fingerprint density at radius 1 is 1.08 bits per heavy atom. The van der Waals surface area contributed by atoms with Crippen molar-refractivity contribution in [1.29, 1.82) is 0 Å². The summed E-state index contributed by atoms with van der Waals surface area (Å²) >= 11 is 3.15. The first-order valence-electron chi connectivity index (χ1n) is 7.42. The summed E-state index contributed by atoms with van der Waals surface area (Å²) < 4.78 is 4.73. The van der Waals surface area contributed by atoms with Gasteiger partial charge in [0.25, 0.3) is 0 Å². The minimum atomic E-state index is -0.382. The Morgan fingerprint density at radius 2 is 1.75 bits per heavy atom. The topological polar surface area (TPSA) is 52.3 Å². The van der Waals surface area contributed by atoms with Gasteiger partial charge in [-0.25, -0.2) is 4.79 Å². The quantitative estimate of drug-likeness (QED) is 0.512. The fraction of sp³-hybridized carbons (Fsp3) is 0.105. The van der Waals surface area contributed by atoms with E-state index in [-0.39, 0.29) is 5.97 Å². The molecule has 3 rings (SSSR count). The molecule has 0 spiro atoms. The molecule has 0 bridgehead atoms. The van der Waals surface area contributed by atoms with Crippen LogP contribution in [0.5, 0.6) is 0 Å². The fourth-order valence-electron chi connectivity index (χ4n) is 2.33. The zero-order valence-corrected chi connectivity index (χ0v) is 14.8. The van der Waals surface area contributed by atoms with Crippen molar-refractivity contribution < 1.29 is 9.53 Å². The fourth-order valence-corrected chi connectivity index (χ4v) is 4.17. The first-order valence-corrected chi connectivity index (χ1v) is 9.22. The summed E-state index contributed by atoms with van der Waals surface area (Å²) in [5.74, 6) is 0.392. The number of benzene rings is 2. The van der Waals surface area contributed by atoms with Gasteiger partial charge in [-0.15, -0.1) is 23.1 Å². The third-order valence-corrected chi connectivity index (χ3v) is 5.77. The van der Waals surface area contributed by atoms with E-state index < -0.39 is 0 Å². The van der Waals surface area contributed by atoms with Gasteiger partial charge in [0.2, 0.25) is 0 Å². The Balaban J connectivity index is 1.66. The number of carbonyl (C=O) groups excluding carboxylic acids is 1. The molecule has 24 heavy (non-hydrogen) atoms. The summed E-state index contributed by atoms with van der Waals surface area (Å²) in [5, 5.41) is 0.511. The standard InChI is InChI=1S/C19H17NO2S2/c1-22-19(21)17-11-16(24-18(17)20)12-23-15-9-7-14(8-10-15)13-5-3-2-4-6-13/h2-11H,12,20H2,1H3. The lowest BCUT2D eigenvalue weighted by molar-refractivity contribution is 0.0602. The van der Waals surface area contributed by atoms with Gasteiger partial charge in [0.15, 0.2) is 0 Å². The van der Waals surface area contributed by atoms with Crippen LogP contribution in [0.2, 0.25) is 0 Å². The van der Waals surface area contributed by atoms with Crippen LogP contribution in [0, 0.1) is 0 Å². The molecule has 0 radical (unpaired) electrons. The van der Waals surface area contributed by atoms with Gasteiger partial charge < -0.3 is 10.5 Å². The van der Waals surface area contributed by atoms with E-state index in [1.165, 1.54) is 34.5 Å². The number of thioether (sulfide) groups is 1. The van der Waals surface area contributed by atoms with E-state index in [1.54, 1.807) is 11.8 Å². The molecule has 0 saturated carbocycles. The molecule has 1 heterocycles. The van der Waals surface area contributed by atoms with Crippen molar-refractivity contribution >= 4 is 34.1 Å². The molecule has 1 aromatic heterocycles. The third kappa shape index (κ3) is 3.80. The Morgan fingerprint density at radius 3 is 2.42 bits per heavy atom. The van der Waals surface area contributed by atoms with E-state index in [1.807, 2.05) is 24.3 Å². The summed E-state index contributed by atoms with van der Waals surface area (Å²) in [4.78, 5) is 13.8. The molecular weight excluding hydrogens is 338 g/mol. The predicted molar refractivity (Wildman–Crippen MR) is 102 cm³/mol. The van der Waals surface area contributed by atoms with Gasteiger partial charge >= 0.3 is 5.97 Å². The van der Waals surface area contributed by atoms with Crippen LogP contribution >= 0.6 is 23.1 Å². The molecule has 0 saturated heterocycles. The minimum absolute atomic E-state index is 0.382. The van der Waals surface area contributed by atoms with Gasteiger partial charge in [0.1, 0.15) is 5.00 Å². The summed E-state index contributed by atoms with van der Waals surface area (Å²) in [7, 11) is 1.36. The molecule has 2 N–H and O–H groups in total. The zero-order chi connectivity index (χ0) is 16.9. The number of methoxy groups -OCH3 is 1. The minimum Gasteiger partial charge on any atom is -0.465 e. The van der Waals surface area contributed by atoms with Crippen LogP contribution in [0.1, 0.15) is 15.2 Å². The smallest absolute Gasteiger partial charge is 0.340 e. The number of thiophene rings is 1. The van der Waals surface area contributed by atoms with Crippen molar-refractivity contribution in [2.24, 2.45) is 0 Å². The molecule has 0 aliphatic heterocycles. The average molecular weight is 355 g/mol. The maximum absolute atomic E-state index is 11.6. The third-order valence-electron chi connectivity index (χ3n) is 3.56. The van der Waals surface area contributed by atoms with Crippen molar-refractivity contribution in [3.05, 3.63) is 71.1 Å². The SMILES string of the molecule is COC(=O)c1cc(CSc2ccc(-c3ccccc3)cc2)sc1N. The normalized spacial score (nSPS) is 10.5. The number of hydrogen-bond donors (Lipinski definition) is 1. The van der Waals surface area contributed by atoms with Crippen molar-refractivity contribution in [1.82, 2.24) is 0 Å². The molecule has 2 aromatic carbocycles. The van der Waals surface area contributed by atoms with E-state index in [4.69, 9.17) is 10.5 Å². The second-order valence-corrected chi connectivity index (χ2v) is 7.38. The molecule has 3 nitrogen and oxygen atoms in total. The lowest BCUT2D eigenvalue weighted by atomic mass is 10.1. The monoisotopic (exact) mass is 355 g/mol. The molecule has 0 fully saturated rings. The van der Waals surface area contributed by atoms with Crippen LogP contribution in [0.25, 0.3) is 11.1 Å². The van der Waals surface area contributed by atoms with E-state index in [0.29, 0.717) is 10.6 Å². The summed E-state index contributed by atoms with van der Waals surface area (Å²) in [6.07, 6.45) is 0. The van der Waals surface area contributed by atoms with E-state index in [0.717, 1.165) is 10.6 Å². The zero-order valence-electron chi connectivity index (χ0n) is 13.2. The lowest BCUT2D eigenvalue weighted by Crippen LogP contribution is -2.01. The number of nitrogen functional groups attached to an aromatic ring is 1. The van der Waals surface area contributed by atoms with Crippen LogP contribution in [0.15, 0.2) is 65.6 Å². The second-order valence-electron chi connectivity index (χ2n) is 5.16. The van der Waals surface area contributed by atoms with Crippen molar-refractivity contribution in [2.45, 2.75) is 10.6 Å². The van der Waals surface area contributed by atoms with Crippen LogP contribution in [-0.2, 0) is 10.5 Å². The predicted octanol–water partition coefficient (Wildman–Crippen LogP) is 5.08.